The van der Waals surface area contributed by atoms with E-state index in [4.69, 9.17) is 4.74 Å². The van der Waals surface area contributed by atoms with Gasteiger partial charge in [-0.05, 0) is 66.6 Å². The van der Waals surface area contributed by atoms with Crippen molar-refractivity contribution < 1.29 is 14.3 Å². The number of benzene rings is 2. The molecule has 1 unspecified atom stereocenters. The highest BCUT2D eigenvalue weighted by Gasteiger charge is 2.36. The van der Waals surface area contributed by atoms with Gasteiger partial charge in [-0.15, -0.1) is 0 Å². The summed E-state index contributed by atoms with van der Waals surface area (Å²) < 4.78 is 5.18. The molecule has 1 N–H and O–H groups in total. The first-order valence-electron chi connectivity index (χ1n) is 10.8. The normalized spacial score (nSPS) is 16.6. The molecule has 0 bridgehead atoms. The van der Waals surface area contributed by atoms with Crippen molar-refractivity contribution in [3.8, 4) is 0 Å². The van der Waals surface area contributed by atoms with E-state index in [2.05, 4.69) is 30.7 Å². The first-order chi connectivity index (χ1) is 14.8. The lowest BCUT2D eigenvalue weighted by Gasteiger charge is -2.39. The Balaban J connectivity index is 1.68. The first-order valence-corrected chi connectivity index (χ1v) is 10.8. The number of esters is 1. The molecule has 0 spiro atoms. The van der Waals surface area contributed by atoms with Crippen molar-refractivity contribution in [2.45, 2.75) is 46.6 Å². The van der Waals surface area contributed by atoms with Crippen molar-refractivity contribution in [3.05, 3.63) is 65.0 Å². The molecule has 31 heavy (non-hydrogen) atoms. The highest BCUT2D eigenvalue weighted by Crippen LogP contribution is 2.33. The quantitative estimate of drug-likeness (QED) is 0.639. The van der Waals surface area contributed by atoms with Gasteiger partial charge in [-0.1, -0.05) is 26.8 Å². The van der Waals surface area contributed by atoms with E-state index in [9.17, 15) is 9.59 Å². The Bertz CT molecular complexity index is 1130. The van der Waals surface area contributed by atoms with Crippen LogP contribution in [0.15, 0.2) is 42.7 Å². The van der Waals surface area contributed by atoms with Crippen LogP contribution in [0, 0.1) is 5.41 Å². The molecule has 1 aliphatic rings. The van der Waals surface area contributed by atoms with Gasteiger partial charge < -0.3 is 14.6 Å². The topological polar surface area (TPSA) is 75.3 Å². The van der Waals surface area contributed by atoms with Gasteiger partial charge in [-0.25, -0.2) is 9.78 Å². The smallest absolute Gasteiger partial charge is 0.338 e. The number of aromatic amines is 1. The molecule has 1 aliphatic heterocycles. The minimum atomic E-state index is -0.303. The predicted molar refractivity (Wildman–Crippen MR) is 120 cm³/mol. The number of fused-ring (bicyclic) bond motifs is 2. The molecule has 2 heterocycles. The number of nitrogens with zero attached hydrogens (tertiary/aromatic N) is 2. The second kappa shape index (κ2) is 8.17. The van der Waals surface area contributed by atoms with E-state index in [1.165, 1.54) is 5.56 Å². The summed E-state index contributed by atoms with van der Waals surface area (Å²) in [4.78, 5) is 35.2. The molecule has 0 fully saturated rings. The molecule has 1 aromatic heterocycles. The molecule has 2 aromatic carbocycles. The number of rotatable bonds is 3. The van der Waals surface area contributed by atoms with Gasteiger partial charge in [0, 0.05) is 18.2 Å². The highest BCUT2D eigenvalue weighted by molar-refractivity contribution is 5.97. The van der Waals surface area contributed by atoms with Crippen LogP contribution in [0.25, 0.3) is 11.0 Å². The van der Waals surface area contributed by atoms with Crippen molar-refractivity contribution in [2.24, 2.45) is 5.41 Å². The number of ether oxygens (including phenoxy) is 1. The Hall–Kier alpha value is -3.15. The standard InChI is InChI=1S/C25H29N3O3/c1-5-31-24(30)18-7-6-16-10-11-28(22(25(2,3)4)14-19(16)12-18)23(29)17-8-9-20-21(13-17)27-15-26-20/h6-9,12-13,15,22H,5,10-11,14H2,1-4H3,(H,26,27). The van der Waals surface area contributed by atoms with E-state index in [0.717, 1.165) is 23.0 Å². The van der Waals surface area contributed by atoms with Gasteiger partial charge in [0.25, 0.3) is 5.91 Å². The molecule has 6 heteroatoms. The van der Waals surface area contributed by atoms with Crippen LogP contribution < -0.4 is 0 Å². The zero-order valence-corrected chi connectivity index (χ0v) is 18.6. The zero-order valence-electron chi connectivity index (χ0n) is 18.6. The fourth-order valence-corrected chi connectivity index (χ4v) is 4.37. The molecule has 0 aliphatic carbocycles. The Labute approximate surface area is 182 Å². The lowest BCUT2D eigenvalue weighted by molar-refractivity contribution is 0.0518. The van der Waals surface area contributed by atoms with Crippen LogP contribution in [-0.2, 0) is 17.6 Å². The van der Waals surface area contributed by atoms with Crippen LogP contribution in [-0.4, -0.2) is 45.9 Å². The maximum Gasteiger partial charge on any atom is 0.338 e. The van der Waals surface area contributed by atoms with Gasteiger partial charge in [0.05, 0.1) is 29.5 Å². The number of carbonyl (C=O) groups is 2. The van der Waals surface area contributed by atoms with Crippen molar-refractivity contribution in [2.75, 3.05) is 13.2 Å². The van der Waals surface area contributed by atoms with Crippen LogP contribution in [0.1, 0.15) is 59.5 Å². The summed E-state index contributed by atoms with van der Waals surface area (Å²) in [5.74, 6) is -0.280. The third-order valence-electron chi connectivity index (χ3n) is 6.06. The molecule has 6 nitrogen and oxygen atoms in total. The lowest BCUT2D eigenvalue weighted by atomic mass is 9.81. The average molecular weight is 420 g/mol. The van der Waals surface area contributed by atoms with E-state index in [-0.39, 0.29) is 23.3 Å². The Morgan fingerprint density at radius 2 is 1.90 bits per heavy atom. The molecule has 0 saturated heterocycles. The van der Waals surface area contributed by atoms with Crippen LogP contribution >= 0.6 is 0 Å². The third kappa shape index (κ3) is 4.20. The van der Waals surface area contributed by atoms with E-state index < -0.39 is 0 Å². The summed E-state index contributed by atoms with van der Waals surface area (Å²) in [5, 5.41) is 0. The van der Waals surface area contributed by atoms with Gasteiger partial charge in [-0.2, -0.15) is 0 Å². The number of nitrogens with one attached hydrogen (secondary N) is 1. The minimum Gasteiger partial charge on any atom is -0.462 e. The number of hydrogen-bond donors (Lipinski definition) is 1. The summed E-state index contributed by atoms with van der Waals surface area (Å²) in [6.07, 6.45) is 3.09. The Morgan fingerprint density at radius 1 is 1.13 bits per heavy atom. The van der Waals surface area contributed by atoms with E-state index >= 15 is 0 Å². The summed E-state index contributed by atoms with van der Waals surface area (Å²) >= 11 is 0. The maximum absolute atomic E-state index is 13.6. The first kappa shape index (κ1) is 21.1. The fraction of sp³-hybridized carbons (Fsp3) is 0.400. The second-order valence-electron chi connectivity index (χ2n) is 9.17. The monoisotopic (exact) mass is 419 g/mol. The Morgan fingerprint density at radius 3 is 2.65 bits per heavy atom. The van der Waals surface area contributed by atoms with Gasteiger partial charge in [0.2, 0.25) is 0 Å². The number of imidazole rings is 1. The van der Waals surface area contributed by atoms with Crippen molar-refractivity contribution in [3.63, 3.8) is 0 Å². The molecule has 0 saturated carbocycles. The number of H-pyrrole nitrogens is 1. The second-order valence-corrected chi connectivity index (χ2v) is 9.17. The van der Waals surface area contributed by atoms with Gasteiger partial charge in [0.1, 0.15) is 0 Å². The molecular weight excluding hydrogens is 390 g/mol. The number of amides is 1. The van der Waals surface area contributed by atoms with E-state index in [1.807, 2.05) is 41.3 Å². The molecule has 3 aromatic rings. The SMILES string of the molecule is CCOC(=O)c1ccc2c(c1)CC(C(C)(C)C)N(C(=O)c1ccc3nc[nH]c3c1)CC2. The number of hydrogen-bond acceptors (Lipinski definition) is 4. The van der Waals surface area contributed by atoms with E-state index in [0.29, 0.717) is 30.7 Å². The number of carbonyl (C=O) groups excluding carboxylic acids is 2. The molecule has 1 atom stereocenters. The maximum atomic E-state index is 13.6. The molecule has 162 valence electrons. The predicted octanol–water partition coefficient (Wildman–Crippen LogP) is 4.40. The fourth-order valence-electron chi connectivity index (χ4n) is 4.37. The third-order valence-corrected chi connectivity index (χ3v) is 6.06. The summed E-state index contributed by atoms with van der Waals surface area (Å²) in [5.41, 5.74) is 5.09. The van der Waals surface area contributed by atoms with Crippen molar-refractivity contribution in [1.82, 2.24) is 14.9 Å². The van der Waals surface area contributed by atoms with Crippen molar-refractivity contribution in [1.29, 1.82) is 0 Å². The molecule has 4 rings (SSSR count). The highest BCUT2D eigenvalue weighted by atomic mass is 16.5. The van der Waals surface area contributed by atoms with Crippen LogP contribution in [0.3, 0.4) is 0 Å². The summed E-state index contributed by atoms with van der Waals surface area (Å²) in [7, 11) is 0. The zero-order chi connectivity index (χ0) is 22.2. The largest absolute Gasteiger partial charge is 0.462 e. The van der Waals surface area contributed by atoms with Gasteiger partial charge >= 0.3 is 5.97 Å². The minimum absolute atomic E-state index is 0.00356. The van der Waals surface area contributed by atoms with Crippen molar-refractivity contribution >= 4 is 22.9 Å². The Kier molecular flexibility index (Phi) is 5.56. The summed E-state index contributed by atoms with van der Waals surface area (Å²) in [6.45, 7) is 9.28. The number of aromatic nitrogens is 2. The molecule has 1 amide bonds. The molecular formula is C25H29N3O3. The van der Waals surface area contributed by atoms with Gasteiger partial charge in [-0.3, -0.25) is 4.79 Å². The molecule has 0 radical (unpaired) electrons. The van der Waals surface area contributed by atoms with Crippen LogP contribution in [0.2, 0.25) is 0 Å². The van der Waals surface area contributed by atoms with Crippen LogP contribution in [0.4, 0.5) is 0 Å². The lowest BCUT2D eigenvalue weighted by Crippen LogP contribution is -2.48. The van der Waals surface area contributed by atoms with Gasteiger partial charge in [0.15, 0.2) is 0 Å². The van der Waals surface area contributed by atoms with Crippen LogP contribution in [0.5, 0.6) is 0 Å². The average Bonchev–Trinajstić information content (AvgIpc) is 3.11. The van der Waals surface area contributed by atoms with E-state index in [1.54, 1.807) is 13.3 Å². The summed E-state index contributed by atoms with van der Waals surface area (Å²) in [6, 6.07) is 11.4.